The Labute approximate surface area is 113 Å². The summed E-state index contributed by atoms with van der Waals surface area (Å²) in [5.41, 5.74) is 2.21. The first-order valence-electron chi connectivity index (χ1n) is 6.36. The largest absolute Gasteiger partial charge is 0.328 e. The van der Waals surface area contributed by atoms with Gasteiger partial charge in [-0.05, 0) is 18.9 Å². The monoisotopic (exact) mass is 258 g/mol. The van der Waals surface area contributed by atoms with Gasteiger partial charge in [-0.2, -0.15) is 0 Å². The molecule has 4 nitrogen and oxygen atoms in total. The molecule has 4 heteroatoms. The van der Waals surface area contributed by atoms with Crippen LogP contribution in [0.3, 0.4) is 0 Å². The predicted molar refractivity (Wildman–Crippen MR) is 74.1 cm³/mol. The number of piperidine rings is 1. The second kappa shape index (κ2) is 5.26. The molecule has 2 amide bonds. The maximum Gasteiger partial charge on any atom is 0.255 e. The van der Waals surface area contributed by atoms with Gasteiger partial charge in [0.15, 0.2) is 0 Å². The fraction of sp³-hybridized carbons (Fsp3) is 0.333. The molecule has 1 saturated heterocycles. The van der Waals surface area contributed by atoms with Gasteiger partial charge in [-0.1, -0.05) is 31.4 Å². The Morgan fingerprint density at radius 1 is 1.42 bits per heavy atom. The topological polar surface area (TPSA) is 49.4 Å². The third-order valence-corrected chi connectivity index (χ3v) is 3.48. The first-order chi connectivity index (χ1) is 9.08. The molecule has 0 radical (unpaired) electrons. The van der Waals surface area contributed by atoms with Crippen LogP contribution in [-0.2, 0) is 9.59 Å². The van der Waals surface area contributed by atoms with Gasteiger partial charge in [0.2, 0.25) is 5.91 Å². The molecule has 0 bridgehead atoms. The fourth-order valence-electron chi connectivity index (χ4n) is 2.51. The fourth-order valence-corrected chi connectivity index (χ4v) is 2.51. The number of carbonyl (C=O) groups is 2. The first-order valence-corrected chi connectivity index (χ1v) is 6.36. The van der Waals surface area contributed by atoms with Crippen molar-refractivity contribution in [2.45, 2.75) is 25.8 Å². The van der Waals surface area contributed by atoms with Gasteiger partial charge >= 0.3 is 0 Å². The van der Waals surface area contributed by atoms with Crippen LogP contribution in [0, 0.1) is 0 Å². The smallest absolute Gasteiger partial charge is 0.255 e. The Morgan fingerprint density at radius 2 is 2.16 bits per heavy atom. The Morgan fingerprint density at radius 3 is 2.74 bits per heavy atom. The van der Waals surface area contributed by atoms with Crippen LogP contribution in [0.25, 0.3) is 0 Å². The molecular formula is C15H18N2O2. The molecule has 19 heavy (non-hydrogen) atoms. The van der Waals surface area contributed by atoms with Crippen molar-refractivity contribution in [2.75, 3.05) is 6.54 Å². The van der Waals surface area contributed by atoms with Crippen molar-refractivity contribution in [1.29, 1.82) is 0 Å². The molecule has 0 spiro atoms. The number of carbonyl (C=O) groups excluding carboxylic acids is 2. The van der Waals surface area contributed by atoms with Crippen LogP contribution in [0.1, 0.15) is 19.8 Å². The average Bonchev–Trinajstić information content (AvgIpc) is 2.68. The van der Waals surface area contributed by atoms with E-state index in [1.807, 2.05) is 19.1 Å². The van der Waals surface area contributed by atoms with Crippen molar-refractivity contribution in [3.05, 3.63) is 48.2 Å². The van der Waals surface area contributed by atoms with E-state index >= 15 is 0 Å². The van der Waals surface area contributed by atoms with Crippen molar-refractivity contribution < 1.29 is 9.59 Å². The number of allylic oxidation sites excluding steroid dienone is 1. The highest BCUT2D eigenvalue weighted by Gasteiger charge is 2.36. The van der Waals surface area contributed by atoms with Crippen LogP contribution in [-0.4, -0.2) is 29.3 Å². The van der Waals surface area contributed by atoms with Gasteiger partial charge in [0, 0.05) is 24.2 Å². The second-order valence-electron chi connectivity index (χ2n) is 4.70. The van der Waals surface area contributed by atoms with Gasteiger partial charge in [-0.25, -0.2) is 0 Å². The number of nitrogens with zero attached hydrogens (tertiary/aromatic N) is 1. The minimum absolute atomic E-state index is 0.0182. The summed E-state index contributed by atoms with van der Waals surface area (Å²) >= 11 is 0. The summed E-state index contributed by atoms with van der Waals surface area (Å²) in [5, 5.41) is 2.72. The second-order valence-corrected chi connectivity index (χ2v) is 4.70. The first kappa shape index (κ1) is 13.3. The highest BCUT2D eigenvalue weighted by atomic mass is 16.2. The van der Waals surface area contributed by atoms with Gasteiger partial charge < -0.3 is 10.2 Å². The van der Waals surface area contributed by atoms with Crippen LogP contribution in [0.15, 0.2) is 48.2 Å². The van der Waals surface area contributed by atoms with Gasteiger partial charge in [0.25, 0.3) is 5.91 Å². The van der Waals surface area contributed by atoms with E-state index < -0.39 is 0 Å². The molecule has 0 aromatic heterocycles. The Bertz CT molecular complexity index is 514. The maximum absolute atomic E-state index is 12.4. The van der Waals surface area contributed by atoms with Gasteiger partial charge in [-0.15, -0.1) is 0 Å². The van der Waals surface area contributed by atoms with E-state index in [0.717, 1.165) is 5.57 Å². The van der Waals surface area contributed by atoms with E-state index in [0.29, 0.717) is 30.7 Å². The summed E-state index contributed by atoms with van der Waals surface area (Å²) in [4.78, 5) is 25.5. The van der Waals surface area contributed by atoms with Crippen molar-refractivity contribution in [1.82, 2.24) is 10.2 Å². The van der Waals surface area contributed by atoms with Crippen LogP contribution < -0.4 is 5.32 Å². The molecular weight excluding hydrogens is 240 g/mol. The minimum Gasteiger partial charge on any atom is -0.328 e. The zero-order chi connectivity index (χ0) is 14.0. The predicted octanol–water partition coefficient (Wildman–Crippen LogP) is 1.68. The highest BCUT2D eigenvalue weighted by Crippen LogP contribution is 2.28. The number of amides is 2. The van der Waals surface area contributed by atoms with E-state index in [4.69, 9.17) is 0 Å². The molecule has 2 aliphatic rings. The Balaban J connectivity index is 2.21. The third kappa shape index (κ3) is 2.38. The molecule has 1 atom stereocenters. The lowest BCUT2D eigenvalue weighted by Crippen LogP contribution is -2.47. The summed E-state index contributed by atoms with van der Waals surface area (Å²) in [6.45, 7) is 10.0. The van der Waals surface area contributed by atoms with Gasteiger partial charge in [0.1, 0.15) is 0 Å². The Hall–Kier alpha value is -2.10. The lowest BCUT2D eigenvalue weighted by molar-refractivity contribution is -0.129. The molecule has 0 aromatic rings. The van der Waals surface area contributed by atoms with Crippen LogP contribution in [0.5, 0.6) is 0 Å². The lowest BCUT2D eigenvalue weighted by atomic mass is 10.0. The highest BCUT2D eigenvalue weighted by molar-refractivity contribution is 6.01. The summed E-state index contributed by atoms with van der Waals surface area (Å²) in [5.74, 6) is -0.0474. The third-order valence-electron chi connectivity index (χ3n) is 3.48. The van der Waals surface area contributed by atoms with Crippen LogP contribution in [0.4, 0.5) is 0 Å². The van der Waals surface area contributed by atoms with Crippen molar-refractivity contribution in [3.8, 4) is 0 Å². The quantitative estimate of drug-likeness (QED) is 0.837. The molecule has 2 aliphatic heterocycles. The number of hydrogen-bond donors (Lipinski definition) is 1. The van der Waals surface area contributed by atoms with E-state index in [1.54, 1.807) is 11.0 Å². The molecule has 2 rings (SSSR count). The number of hydrogen-bond acceptors (Lipinski definition) is 2. The molecule has 0 aliphatic carbocycles. The molecule has 0 saturated carbocycles. The van der Waals surface area contributed by atoms with Crippen molar-refractivity contribution in [2.24, 2.45) is 0 Å². The van der Waals surface area contributed by atoms with Gasteiger partial charge in [-0.3, -0.25) is 9.59 Å². The summed E-state index contributed by atoms with van der Waals surface area (Å²) < 4.78 is 0. The lowest BCUT2D eigenvalue weighted by Gasteiger charge is -2.33. The molecule has 100 valence electrons. The van der Waals surface area contributed by atoms with E-state index in [2.05, 4.69) is 18.5 Å². The van der Waals surface area contributed by atoms with Crippen LogP contribution in [0.2, 0.25) is 0 Å². The average molecular weight is 258 g/mol. The zero-order valence-corrected chi connectivity index (χ0v) is 11.1. The molecule has 2 heterocycles. The zero-order valence-electron chi connectivity index (χ0n) is 11.1. The summed E-state index contributed by atoms with van der Waals surface area (Å²) in [7, 11) is 0. The molecule has 0 aromatic carbocycles. The molecule has 1 unspecified atom stereocenters. The van der Waals surface area contributed by atoms with E-state index in [-0.39, 0.29) is 17.9 Å². The van der Waals surface area contributed by atoms with E-state index in [9.17, 15) is 9.59 Å². The van der Waals surface area contributed by atoms with Crippen molar-refractivity contribution >= 4 is 11.8 Å². The SMILES string of the molecule is C=CC1=C(/C=C\C)C(=O)N(C2CCC(=O)NC2=C)C1. The summed E-state index contributed by atoms with van der Waals surface area (Å²) in [6, 6.07) is -0.122. The molecule has 1 N–H and O–H groups in total. The Kier molecular flexibility index (Phi) is 3.69. The standard InChI is InChI=1S/C15H18N2O2/c1-4-6-12-11(5-2)9-17(15(12)19)13-7-8-14(18)16-10(13)3/h4-6,13H,2-3,7-9H2,1H3,(H,16,18)/b6-4-. The van der Waals surface area contributed by atoms with E-state index in [1.165, 1.54) is 0 Å². The van der Waals surface area contributed by atoms with Crippen LogP contribution >= 0.6 is 0 Å². The summed E-state index contributed by atoms with van der Waals surface area (Å²) in [6.07, 6.45) is 6.43. The minimum atomic E-state index is -0.122. The number of nitrogens with one attached hydrogen (secondary N) is 1. The molecule has 1 fully saturated rings. The maximum atomic E-state index is 12.4. The van der Waals surface area contributed by atoms with Gasteiger partial charge in [0.05, 0.1) is 6.04 Å². The number of rotatable bonds is 3. The normalized spacial score (nSPS) is 24.4. The van der Waals surface area contributed by atoms with Crippen molar-refractivity contribution in [3.63, 3.8) is 0 Å².